The van der Waals surface area contributed by atoms with Crippen LogP contribution in [0.1, 0.15) is 5.56 Å². The zero-order valence-electron chi connectivity index (χ0n) is 5.99. The topological polar surface area (TPSA) is 54.0 Å². The molecule has 0 saturated carbocycles. The Labute approximate surface area is 70.4 Å². The van der Waals surface area contributed by atoms with Gasteiger partial charge in [-0.25, -0.2) is 17.9 Å². The molecular formula is C7H6FO3S. The zero-order chi connectivity index (χ0) is 9.14. The number of benzene rings is 1. The average molecular weight is 189 g/mol. The summed E-state index contributed by atoms with van der Waals surface area (Å²) >= 11 is 0. The van der Waals surface area contributed by atoms with Crippen LogP contribution in [0.2, 0.25) is 0 Å². The van der Waals surface area contributed by atoms with E-state index in [0.29, 0.717) is 0 Å². The molecule has 0 N–H and O–H groups in total. The fourth-order valence-electron chi connectivity index (χ4n) is 0.788. The van der Waals surface area contributed by atoms with Crippen molar-refractivity contribution in [3.05, 3.63) is 29.6 Å². The first-order chi connectivity index (χ1) is 5.65. The molecule has 0 aromatic heterocycles. The predicted molar refractivity (Wildman–Crippen MR) is 39.4 cm³/mol. The number of thiol groups is 1. The van der Waals surface area contributed by atoms with Crippen molar-refractivity contribution in [1.82, 2.24) is 0 Å². The van der Waals surface area contributed by atoms with E-state index in [2.05, 4.69) is 0 Å². The molecule has 0 aliphatic carbocycles. The van der Waals surface area contributed by atoms with E-state index in [-0.39, 0.29) is 10.5 Å². The summed E-state index contributed by atoms with van der Waals surface area (Å²) < 4.78 is 33.4. The first-order valence-electron chi connectivity index (χ1n) is 3.16. The fourth-order valence-corrected chi connectivity index (χ4v) is 1.22. The molecule has 1 aromatic carbocycles. The Morgan fingerprint density at radius 3 is 2.42 bits per heavy atom. The van der Waals surface area contributed by atoms with Gasteiger partial charge in [0.05, 0.1) is 4.90 Å². The molecule has 5 heteroatoms. The second-order valence-corrected chi connectivity index (χ2v) is 3.18. The third-order valence-corrected chi connectivity index (χ3v) is 2.13. The van der Waals surface area contributed by atoms with Crippen LogP contribution in [0.25, 0.3) is 0 Å². The van der Waals surface area contributed by atoms with Crippen molar-refractivity contribution in [2.24, 2.45) is 0 Å². The largest absolute Gasteiger partial charge is 0.232 e. The summed E-state index contributed by atoms with van der Waals surface area (Å²) in [4.78, 5) is -0.373. The summed E-state index contributed by atoms with van der Waals surface area (Å²) in [6.07, 6.45) is 0. The maximum Gasteiger partial charge on any atom is 0.171 e. The van der Waals surface area contributed by atoms with E-state index in [0.717, 1.165) is 12.1 Å². The van der Waals surface area contributed by atoms with Gasteiger partial charge in [-0.2, -0.15) is 0 Å². The standard InChI is InChI=1S/C7H6FO3S/c8-6-3-5(4-9)1-2-7(6)12(10)11/h1-3,12H,4H2. The first-order valence-corrected chi connectivity index (χ1v) is 4.34. The van der Waals surface area contributed by atoms with Crippen LogP contribution >= 0.6 is 0 Å². The van der Waals surface area contributed by atoms with Crippen molar-refractivity contribution >= 4 is 10.7 Å². The Morgan fingerprint density at radius 2 is 2.00 bits per heavy atom. The van der Waals surface area contributed by atoms with Crippen molar-refractivity contribution in [3.63, 3.8) is 0 Å². The molecule has 0 aliphatic heterocycles. The highest BCUT2D eigenvalue weighted by Gasteiger charge is 2.04. The first kappa shape index (κ1) is 9.15. The van der Waals surface area contributed by atoms with Crippen molar-refractivity contribution < 1.29 is 17.9 Å². The lowest BCUT2D eigenvalue weighted by Gasteiger charge is -1.96. The zero-order valence-corrected chi connectivity index (χ0v) is 6.88. The molecule has 0 atom stereocenters. The van der Waals surface area contributed by atoms with Crippen LogP contribution in [0.5, 0.6) is 0 Å². The molecule has 0 spiro atoms. The van der Waals surface area contributed by atoms with Crippen LogP contribution < -0.4 is 0 Å². The molecular weight excluding hydrogens is 183 g/mol. The quantitative estimate of drug-likeness (QED) is 0.697. The van der Waals surface area contributed by atoms with Gasteiger partial charge in [-0.3, -0.25) is 0 Å². The van der Waals surface area contributed by atoms with Gasteiger partial charge in [-0.05, 0) is 17.7 Å². The maximum absolute atomic E-state index is 12.8. The van der Waals surface area contributed by atoms with Gasteiger partial charge in [0, 0.05) is 0 Å². The molecule has 1 aromatic rings. The lowest BCUT2D eigenvalue weighted by Crippen LogP contribution is -1.90. The minimum Gasteiger partial charge on any atom is -0.232 e. The lowest BCUT2D eigenvalue weighted by molar-refractivity contribution is 0.177. The molecule has 1 radical (unpaired) electrons. The third-order valence-electron chi connectivity index (χ3n) is 1.38. The van der Waals surface area contributed by atoms with Gasteiger partial charge in [-0.1, -0.05) is 6.07 Å². The molecule has 0 heterocycles. The molecule has 1 rings (SSSR count). The summed E-state index contributed by atoms with van der Waals surface area (Å²) in [7, 11) is -2.91. The lowest BCUT2D eigenvalue weighted by atomic mass is 10.2. The van der Waals surface area contributed by atoms with Gasteiger partial charge in [0.15, 0.2) is 10.7 Å². The van der Waals surface area contributed by atoms with Crippen LogP contribution in [0.15, 0.2) is 23.1 Å². The Bertz CT molecular complexity index is 352. The SMILES string of the molecule is [O]Cc1ccc([SH](=O)=O)c(F)c1. The van der Waals surface area contributed by atoms with Crippen LogP contribution in [0.3, 0.4) is 0 Å². The van der Waals surface area contributed by atoms with E-state index < -0.39 is 23.1 Å². The van der Waals surface area contributed by atoms with E-state index in [1.807, 2.05) is 0 Å². The van der Waals surface area contributed by atoms with Crippen molar-refractivity contribution in [2.45, 2.75) is 11.5 Å². The summed E-state index contributed by atoms with van der Waals surface area (Å²) in [5.41, 5.74) is 0.244. The van der Waals surface area contributed by atoms with Crippen LogP contribution in [0, 0.1) is 5.82 Å². The molecule has 3 nitrogen and oxygen atoms in total. The molecule has 0 fully saturated rings. The van der Waals surface area contributed by atoms with E-state index in [1.54, 1.807) is 0 Å². The molecule has 0 amide bonds. The minimum absolute atomic E-state index is 0.244. The molecule has 0 aliphatic rings. The molecule has 65 valence electrons. The van der Waals surface area contributed by atoms with Gasteiger partial charge in [0.1, 0.15) is 12.4 Å². The van der Waals surface area contributed by atoms with Gasteiger partial charge in [-0.15, -0.1) is 0 Å². The normalized spacial score (nSPS) is 10.6. The highest BCUT2D eigenvalue weighted by atomic mass is 32.2. The Hall–Kier alpha value is -0.940. The monoisotopic (exact) mass is 189 g/mol. The molecule has 12 heavy (non-hydrogen) atoms. The third kappa shape index (κ3) is 1.80. The highest BCUT2D eigenvalue weighted by Crippen LogP contribution is 2.11. The Morgan fingerprint density at radius 1 is 1.33 bits per heavy atom. The highest BCUT2D eigenvalue weighted by molar-refractivity contribution is 7.72. The van der Waals surface area contributed by atoms with Crippen molar-refractivity contribution in [2.75, 3.05) is 0 Å². The second-order valence-electron chi connectivity index (χ2n) is 2.19. The Balaban J connectivity index is 3.20. The average Bonchev–Trinajstić information content (AvgIpc) is 2.03. The van der Waals surface area contributed by atoms with Gasteiger partial charge in [0.25, 0.3) is 0 Å². The van der Waals surface area contributed by atoms with E-state index >= 15 is 0 Å². The van der Waals surface area contributed by atoms with Gasteiger partial charge >= 0.3 is 0 Å². The summed E-state index contributed by atoms with van der Waals surface area (Å²) in [5, 5.41) is 10.2. The van der Waals surface area contributed by atoms with Crippen molar-refractivity contribution in [3.8, 4) is 0 Å². The second kappa shape index (κ2) is 3.64. The predicted octanol–water partition coefficient (Wildman–Crippen LogP) is 0.726. The summed E-state index contributed by atoms with van der Waals surface area (Å²) in [5.74, 6) is -0.862. The van der Waals surface area contributed by atoms with Gasteiger partial charge < -0.3 is 0 Å². The molecule has 0 saturated heterocycles. The van der Waals surface area contributed by atoms with E-state index in [9.17, 15) is 17.9 Å². The van der Waals surface area contributed by atoms with E-state index in [1.165, 1.54) is 6.07 Å². The van der Waals surface area contributed by atoms with Crippen LogP contribution in [-0.4, -0.2) is 8.42 Å². The number of halogens is 1. The van der Waals surface area contributed by atoms with Crippen molar-refractivity contribution in [1.29, 1.82) is 0 Å². The summed E-state index contributed by atoms with van der Waals surface area (Å²) in [6, 6.07) is 3.33. The molecule has 0 bridgehead atoms. The molecule has 0 unspecified atom stereocenters. The number of hydrogen-bond acceptors (Lipinski definition) is 2. The smallest absolute Gasteiger partial charge is 0.171 e. The van der Waals surface area contributed by atoms with Crippen LogP contribution in [0.4, 0.5) is 4.39 Å². The fraction of sp³-hybridized carbons (Fsp3) is 0.143. The number of rotatable bonds is 2. The van der Waals surface area contributed by atoms with Gasteiger partial charge in [0.2, 0.25) is 0 Å². The summed E-state index contributed by atoms with van der Waals surface area (Å²) in [6.45, 7) is -0.549. The minimum atomic E-state index is -2.91. The van der Waals surface area contributed by atoms with E-state index in [4.69, 9.17) is 0 Å². The van der Waals surface area contributed by atoms with Crippen LogP contribution in [-0.2, 0) is 22.4 Å². The Kier molecular flexibility index (Phi) is 2.78. The maximum atomic E-state index is 12.8. The number of hydrogen-bond donors (Lipinski definition) is 1.